The van der Waals surface area contributed by atoms with Crippen LogP contribution in [0, 0.1) is 0 Å². The van der Waals surface area contributed by atoms with Crippen LogP contribution >= 0.6 is 0 Å². The van der Waals surface area contributed by atoms with Crippen LogP contribution in [0.15, 0.2) is 84.9 Å². The van der Waals surface area contributed by atoms with E-state index in [1.807, 2.05) is 0 Å². The van der Waals surface area contributed by atoms with Crippen LogP contribution in [0.2, 0.25) is 0 Å². The summed E-state index contributed by atoms with van der Waals surface area (Å²) in [7, 11) is 0. The fraction of sp³-hybridized carbons (Fsp3) is 0.143. The Morgan fingerprint density at radius 1 is 0.483 bits per heavy atom. The van der Waals surface area contributed by atoms with Crippen LogP contribution in [0.4, 0.5) is 0 Å². The lowest BCUT2D eigenvalue weighted by Gasteiger charge is -2.12. The van der Waals surface area contributed by atoms with Crippen LogP contribution in [0.1, 0.15) is 33.4 Å². The quantitative estimate of drug-likeness (QED) is 0.392. The predicted molar refractivity (Wildman–Crippen MR) is 120 cm³/mol. The first-order chi connectivity index (χ1) is 14.4. The van der Waals surface area contributed by atoms with Gasteiger partial charge in [-0.05, 0) is 68.5 Å². The van der Waals surface area contributed by atoms with E-state index in [0.717, 1.165) is 25.9 Å². The molecule has 4 aromatic carbocycles. The second-order valence-electron chi connectivity index (χ2n) is 8.16. The fourth-order valence-corrected chi connectivity index (χ4v) is 5.11. The zero-order valence-corrected chi connectivity index (χ0v) is 16.4. The van der Waals surface area contributed by atoms with Crippen molar-refractivity contribution in [1.29, 1.82) is 0 Å². The third-order valence-electron chi connectivity index (χ3n) is 6.53. The minimum absolute atomic E-state index is 0.910. The molecule has 0 fully saturated rings. The van der Waals surface area contributed by atoms with Gasteiger partial charge in [0.25, 0.3) is 0 Å². The van der Waals surface area contributed by atoms with Gasteiger partial charge in [-0.2, -0.15) is 0 Å². The van der Waals surface area contributed by atoms with Gasteiger partial charge in [-0.1, -0.05) is 84.9 Å². The van der Waals surface area contributed by atoms with E-state index in [0.29, 0.717) is 0 Å². The van der Waals surface area contributed by atoms with Gasteiger partial charge in [0.1, 0.15) is 0 Å². The average Bonchev–Trinajstić information content (AvgIpc) is 3.33. The monoisotopic (exact) mass is 373 g/mol. The second kappa shape index (κ2) is 6.72. The van der Waals surface area contributed by atoms with E-state index >= 15 is 0 Å². The van der Waals surface area contributed by atoms with Crippen molar-refractivity contribution in [3.8, 4) is 22.3 Å². The summed E-state index contributed by atoms with van der Waals surface area (Å²) in [5, 5.41) is 3.73. The molecule has 29 heavy (non-hydrogen) atoms. The van der Waals surface area contributed by atoms with Crippen molar-refractivity contribution >= 4 is 0 Å². The Labute approximate surface area is 172 Å². The van der Waals surface area contributed by atoms with Gasteiger partial charge in [-0.15, -0.1) is 0 Å². The molecule has 1 heteroatoms. The highest BCUT2D eigenvalue weighted by Gasteiger charge is 2.21. The first kappa shape index (κ1) is 16.8. The van der Waals surface area contributed by atoms with Crippen LogP contribution in [0.3, 0.4) is 0 Å². The smallest absolute Gasteiger partial charge is 0.0211 e. The van der Waals surface area contributed by atoms with Crippen LogP contribution in [0.25, 0.3) is 22.3 Å². The standard InChI is InChI=1S/C28H23N/c1-3-11-23-19(7-1)15-27-21(9-5-13-25(23)27)17-29-18-22-10-6-14-26-24-12-4-2-8-20(24)16-28(22)26/h1-14,29H,15-18H2. The summed E-state index contributed by atoms with van der Waals surface area (Å²) in [6, 6.07) is 31.1. The summed E-state index contributed by atoms with van der Waals surface area (Å²) in [6.45, 7) is 1.82. The molecule has 0 aliphatic heterocycles. The van der Waals surface area contributed by atoms with Crippen molar-refractivity contribution < 1.29 is 0 Å². The van der Waals surface area contributed by atoms with Crippen LogP contribution in [0.5, 0.6) is 0 Å². The molecule has 140 valence electrons. The van der Waals surface area contributed by atoms with Crippen molar-refractivity contribution in [2.24, 2.45) is 0 Å². The lowest BCUT2D eigenvalue weighted by molar-refractivity contribution is 0.686. The number of rotatable bonds is 4. The zero-order chi connectivity index (χ0) is 19.2. The molecule has 6 rings (SSSR count). The zero-order valence-electron chi connectivity index (χ0n) is 16.4. The Kier molecular flexibility index (Phi) is 3.88. The molecule has 0 aromatic heterocycles. The van der Waals surface area contributed by atoms with Crippen molar-refractivity contribution in [1.82, 2.24) is 5.32 Å². The van der Waals surface area contributed by atoms with Gasteiger partial charge in [-0.3, -0.25) is 0 Å². The molecule has 0 spiro atoms. The van der Waals surface area contributed by atoms with E-state index in [4.69, 9.17) is 0 Å². The minimum Gasteiger partial charge on any atom is -0.309 e. The van der Waals surface area contributed by atoms with Gasteiger partial charge < -0.3 is 5.32 Å². The fourth-order valence-electron chi connectivity index (χ4n) is 5.11. The lowest BCUT2D eigenvalue weighted by atomic mass is 10.00. The number of benzene rings is 4. The molecule has 0 unspecified atom stereocenters. The van der Waals surface area contributed by atoms with Gasteiger partial charge >= 0.3 is 0 Å². The number of hydrogen-bond donors (Lipinski definition) is 1. The summed E-state index contributed by atoms with van der Waals surface area (Å²) >= 11 is 0. The third-order valence-corrected chi connectivity index (χ3v) is 6.53. The van der Waals surface area contributed by atoms with E-state index in [1.165, 1.54) is 55.6 Å². The summed E-state index contributed by atoms with van der Waals surface area (Å²) in [5.41, 5.74) is 14.4. The maximum absolute atomic E-state index is 3.73. The Morgan fingerprint density at radius 3 is 1.45 bits per heavy atom. The lowest BCUT2D eigenvalue weighted by Crippen LogP contribution is -2.15. The second-order valence-corrected chi connectivity index (χ2v) is 8.16. The predicted octanol–water partition coefficient (Wildman–Crippen LogP) is 6.12. The van der Waals surface area contributed by atoms with E-state index in [9.17, 15) is 0 Å². The largest absolute Gasteiger partial charge is 0.309 e. The van der Waals surface area contributed by atoms with E-state index in [2.05, 4.69) is 90.2 Å². The molecular formula is C28H23N. The maximum atomic E-state index is 3.73. The van der Waals surface area contributed by atoms with Gasteiger partial charge in [-0.25, -0.2) is 0 Å². The summed E-state index contributed by atoms with van der Waals surface area (Å²) in [5.74, 6) is 0. The molecular weight excluding hydrogens is 350 g/mol. The van der Waals surface area contributed by atoms with Gasteiger partial charge in [0, 0.05) is 13.1 Å². The molecule has 0 heterocycles. The van der Waals surface area contributed by atoms with E-state index in [-0.39, 0.29) is 0 Å². The van der Waals surface area contributed by atoms with Crippen LogP contribution in [-0.4, -0.2) is 0 Å². The highest BCUT2D eigenvalue weighted by Crippen LogP contribution is 2.39. The number of fused-ring (bicyclic) bond motifs is 6. The van der Waals surface area contributed by atoms with Crippen molar-refractivity contribution in [3.05, 3.63) is 118 Å². The Morgan fingerprint density at radius 2 is 0.931 bits per heavy atom. The Bertz CT molecular complexity index is 1140. The molecule has 0 radical (unpaired) electrons. The number of hydrogen-bond acceptors (Lipinski definition) is 1. The normalized spacial score (nSPS) is 13.0. The van der Waals surface area contributed by atoms with Crippen molar-refractivity contribution in [3.63, 3.8) is 0 Å². The van der Waals surface area contributed by atoms with Gasteiger partial charge in [0.05, 0.1) is 0 Å². The summed E-state index contributed by atoms with van der Waals surface area (Å²) in [6.07, 6.45) is 2.11. The molecule has 0 saturated heterocycles. The van der Waals surface area contributed by atoms with Crippen LogP contribution < -0.4 is 5.32 Å². The molecule has 4 aromatic rings. The molecule has 0 bridgehead atoms. The maximum Gasteiger partial charge on any atom is 0.0211 e. The van der Waals surface area contributed by atoms with Crippen LogP contribution in [-0.2, 0) is 25.9 Å². The molecule has 2 aliphatic rings. The minimum atomic E-state index is 0.910. The summed E-state index contributed by atoms with van der Waals surface area (Å²) in [4.78, 5) is 0. The van der Waals surface area contributed by atoms with Crippen molar-refractivity contribution in [2.45, 2.75) is 25.9 Å². The molecule has 0 saturated carbocycles. The Balaban J connectivity index is 1.23. The number of nitrogens with one attached hydrogen (secondary N) is 1. The average molecular weight is 373 g/mol. The third kappa shape index (κ3) is 2.73. The van der Waals surface area contributed by atoms with Gasteiger partial charge in [0.15, 0.2) is 0 Å². The van der Waals surface area contributed by atoms with E-state index < -0.39 is 0 Å². The molecule has 0 amide bonds. The first-order valence-corrected chi connectivity index (χ1v) is 10.5. The van der Waals surface area contributed by atoms with E-state index in [1.54, 1.807) is 0 Å². The Hall–Kier alpha value is -3.16. The highest BCUT2D eigenvalue weighted by atomic mass is 14.8. The highest BCUT2D eigenvalue weighted by molar-refractivity contribution is 5.78. The molecule has 0 atom stereocenters. The topological polar surface area (TPSA) is 12.0 Å². The molecule has 2 aliphatic carbocycles. The summed E-state index contributed by atoms with van der Waals surface area (Å²) < 4.78 is 0. The first-order valence-electron chi connectivity index (χ1n) is 10.5. The molecule has 1 N–H and O–H groups in total. The van der Waals surface area contributed by atoms with Gasteiger partial charge in [0.2, 0.25) is 0 Å². The molecule has 1 nitrogen and oxygen atoms in total. The van der Waals surface area contributed by atoms with Crippen molar-refractivity contribution in [2.75, 3.05) is 0 Å². The SMILES string of the molecule is c1ccc2c(c1)Cc1c(CNCc3cccc4c3Cc3ccccc3-4)cccc1-2.